The topological polar surface area (TPSA) is 38.9 Å². The van der Waals surface area contributed by atoms with Gasteiger partial charge in [-0.3, -0.25) is 0 Å². The molecule has 2 rings (SSSR count). The normalized spacial score (nSPS) is 10.6. The molecule has 0 aliphatic heterocycles. The van der Waals surface area contributed by atoms with E-state index in [1.807, 2.05) is 6.07 Å². The number of aromatic nitrogens is 1. The van der Waals surface area contributed by atoms with Gasteiger partial charge in [-0.15, -0.1) is 11.3 Å². The van der Waals surface area contributed by atoms with Crippen LogP contribution in [0.2, 0.25) is 0 Å². The van der Waals surface area contributed by atoms with Crippen molar-refractivity contribution < 1.29 is 0 Å². The molecule has 2 aromatic heterocycles. The van der Waals surface area contributed by atoms with Crippen LogP contribution in [0.15, 0.2) is 22.0 Å². The molecule has 0 fully saturated rings. The van der Waals surface area contributed by atoms with Crippen LogP contribution in [0.5, 0.6) is 0 Å². The quantitative estimate of drug-likeness (QED) is 0.914. The van der Waals surface area contributed by atoms with E-state index in [0.29, 0.717) is 6.54 Å². The molecule has 2 nitrogen and oxygen atoms in total. The smallest absolute Gasteiger partial charge is 0.0944 e. The van der Waals surface area contributed by atoms with Crippen molar-refractivity contribution in [3.63, 3.8) is 0 Å². The molecule has 0 saturated heterocycles. The lowest BCUT2D eigenvalue weighted by molar-refractivity contribution is 1.11. The summed E-state index contributed by atoms with van der Waals surface area (Å²) in [7, 11) is 0. The molecule has 68 valence electrons. The predicted octanol–water partition coefficient (Wildman–Crippen LogP) is 3.09. The summed E-state index contributed by atoms with van der Waals surface area (Å²) >= 11 is 6.57. The van der Waals surface area contributed by atoms with Gasteiger partial charge in [0.2, 0.25) is 0 Å². The highest BCUT2D eigenvalue weighted by molar-refractivity contribution is 9.10. The third-order valence-electron chi connectivity index (χ3n) is 1.58. The molecule has 2 aromatic rings. The number of halogens is 1. The Bertz CT molecular complexity index is 408. The third-order valence-corrected chi connectivity index (χ3v) is 4.10. The van der Waals surface area contributed by atoms with Gasteiger partial charge in [-0.2, -0.15) is 4.37 Å². The highest BCUT2D eigenvalue weighted by Crippen LogP contribution is 2.30. The Labute approximate surface area is 92.7 Å². The average Bonchev–Trinajstić information content (AvgIpc) is 2.71. The van der Waals surface area contributed by atoms with Gasteiger partial charge in [-0.1, -0.05) is 0 Å². The molecule has 0 amide bonds. The zero-order valence-electron chi connectivity index (χ0n) is 6.66. The van der Waals surface area contributed by atoms with Crippen molar-refractivity contribution in [2.45, 2.75) is 6.54 Å². The monoisotopic (exact) mass is 274 g/mol. The molecule has 13 heavy (non-hydrogen) atoms. The summed E-state index contributed by atoms with van der Waals surface area (Å²) < 4.78 is 5.43. The Kier molecular flexibility index (Phi) is 2.78. The van der Waals surface area contributed by atoms with E-state index < -0.39 is 0 Å². The van der Waals surface area contributed by atoms with Crippen molar-refractivity contribution in [3.8, 4) is 10.6 Å². The highest BCUT2D eigenvalue weighted by Gasteiger charge is 2.05. The highest BCUT2D eigenvalue weighted by atomic mass is 79.9. The zero-order chi connectivity index (χ0) is 9.26. The van der Waals surface area contributed by atoms with Gasteiger partial charge >= 0.3 is 0 Å². The lowest BCUT2D eigenvalue weighted by Gasteiger charge is -1.85. The number of hydrogen-bond donors (Lipinski definition) is 1. The standard InChI is InChI=1S/C8H7BrN2S2/c9-5-1-8(12-4-5)7-2-6(3-10)13-11-7/h1-2,4H,3,10H2. The van der Waals surface area contributed by atoms with E-state index in [1.165, 1.54) is 16.4 Å². The second-order valence-corrected chi connectivity index (χ2v) is 5.23. The average molecular weight is 275 g/mol. The summed E-state index contributed by atoms with van der Waals surface area (Å²) in [5, 5.41) is 2.05. The van der Waals surface area contributed by atoms with Crippen LogP contribution in [-0.2, 0) is 6.54 Å². The van der Waals surface area contributed by atoms with Crippen LogP contribution in [0.4, 0.5) is 0 Å². The van der Waals surface area contributed by atoms with Gasteiger partial charge in [0.1, 0.15) is 0 Å². The van der Waals surface area contributed by atoms with Crippen molar-refractivity contribution >= 4 is 38.8 Å². The summed E-state index contributed by atoms with van der Waals surface area (Å²) in [6.45, 7) is 0.574. The van der Waals surface area contributed by atoms with Crippen LogP contribution in [0.1, 0.15) is 4.88 Å². The Hall–Kier alpha value is -0.230. The summed E-state index contributed by atoms with van der Waals surface area (Å²) in [5.74, 6) is 0. The minimum absolute atomic E-state index is 0.574. The summed E-state index contributed by atoms with van der Waals surface area (Å²) in [6.07, 6.45) is 0. The molecule has 5 heteroatoms. The number of hydrogen-bond acceptors (Lipinski definition) is 4. The number of rotatable bonds is 2. The zero-order valence-corrected chi connectivity index (χ0v) is 9.88. The Morgan fingerprint density at radius 1 is 1.46 bits per heavy atom. The fourth-order valence-electron chi connectivity index (χ4n) is 0.973. The van der Waals surface area contributed by atoms with Crippen molar-refractivity contribution in [1.29, 1.82) is 0 Å². The molecule has 0 saturated carbocycles. The number of nitrogens with zero attached hydrogens (tertiary/aromatic N) is 1. The first-order chi connectivity index (χ1) is 6.29. The maximum absolute atomic E-state index is 5.51. The summed E-state index contributed by atoms with van der Waals surface area (Å²) in [6, 6.07) is 4.11. The van der Waals surface area contributed by atoms with E-state index in [4.69, 9.17) is 5.73 Å². The summed E-state index contributed by atoms with van der Waals surface area (Å²) in [4.78, 5) is 2.31. The Balaban J connectivity index is 2.35. The molecule has 0 aliphatic carbocycles. The molecular weight excluding hydrogens is 268 g/mol. The van der Waals surface area contributed by atoms with Gasteiger partial charge in [0.15, 0.2) is 0 Å². The van der Waals surface area contributed by atoms with E-state index in [1.54, 1.807) is 11.3 Å². The van der Waals surface area contributed by atoms with Crippen LogP contribution < -0.4 is 5.73 Å². The predicted molar refractivity (Wildman–Crippen MR) is 61.0 cm³/mol. The van der Waals surface area contributed by atoms with Gasteiger partial charge in [0.25, 0.3) is 0 Å². The Morgan fingerprint density at radius 3 is 2.85 bits per heavy atom. The first kappa shape index (κ1) is 9.33. The summed E-state index contributed by atoms with van der Waals surface area (Å²) in [5.41, 5.74) is 6.54. The van der Waals surface area contributed by atoms with E-state index in [0.717, 1.165) is 15.0 Å². The van der Waals surface area contributed by atoms with E-state index >= 15 is 0 Å². The molecule has 2 heterocycles. The van der Waals surface area contributed by atoms with Crippen LogP contribution in [0.3, 0.4) is 0 Å². The van der Waals surface area contributed by atoms with Gasteiger partial charge in [0, 0.05) is 21.3 Å². The van der Waals surface area contributed by atoms with Crippen LogP contribution in [0.25, 0.3) is 10.6 Å². The molecule has 0 atom stereocenters. The van der Waals surface area contributed by atoms with Crippen molar-refractivity contribution in [3.05, 3.63) is 26.9 Å². The van der Waals surface area contributed by atoms with Crippen LogP contribution in [0, 0.1) is 0 Å². The van der Waals surface area contributed by atoms with Crippen LogP contribution in [-0.4, -0.2) is 4.37 Å². The first-order valence-corrected chi connectivity index (χ1v) is 6.14. The number of nitrogens with two attached hydrogens (primary N) is 1. The molecule has 0 aromatic carbocycles. The van der Waals surface area contributed by atoms with E-state index in [-0.39, 0.29) is 0 Å². The third kappa shape index (κ3) is 1.99. The molecule has 0 bridgehead atoms. The fraction of sp³-hybridized carbons (Fsp3) is 0.125. The molecule has 0 spiro atoms. The maximum atomic E-state index is 5.51. The lowest BCUT2D eigenvalue weighted by Crippen LogP contribution is -1.91. The lowest BCUT2D eigenvalue weighted by atomic mass is 10.3. The van der Waals surface area contributed by atoms with E-state index in [9.17, 15) is 0 Å². The Morgan fingerprint density at radius 2 is 2.31 bits per heavy atom. The number of thiophene rings is 1. The second kappa shape index (κ2) is 3.88. The molecule has 0 aliphatic rings. The van der Waals surface area contributed by atoms with Gasteiger partial charge < -0.3 is 5.73 Å². The fourth-order valence-corrected chi connectivity index (χ4v) is 3.02. The minimum Gasteiger partial charge on any atom is -0.326 e. The van der Waals surface area contributed by atoms with Gasteiger partial charge in [-0.25, -0.2) is 0 Å². The van der Waals surface area contributed by atoms with Crippen molar-refractivity contribution in [2.75, 3.05) is 0 Å². The minimum atomic E-state index is 0.574. The van der Waals surface area contributed by atoms with Crippen LogP contribution >= 0.6 is 38.8 Å². The molecule has 0 radical (unpaired) electrons. The van der Waals surface area contributed by atoms with E-state index in [2.05, 4.69) is 31.7 Å². The second-order valence-electron chi connectivity index (χ2n) is 2.51. The van der Waals surface area contributed by atoms with Gasteiger partial charge in [-0.05, 0) is 39.6 Å². The maximum Gasteiger partial charge on any atom is 0.0944 e. The molecule has 2 N–H and O–H groups in total. The van der Waals surface area contributed by atoms with Crippen molar-refractivity contribution in [1.82, 2.24) is 4.37 Å². The van der Waals surface area contributed by atoms with Crippen molar-refractivity contribution in [2.24, 2.45) is 5.73 Å². The van der Waals surface area contributed by atoms with Gasteiger partial charge in [0.05, 0.1) is 10.6 Å². The first-order valence-electron chi connectivity index (χ1n) is 3.69. The molecular formula is C8H7BrN2S2. The largest absolute Gasteiger partial charge is 0.326 e. The molecule has 0 unspecified atom stereocenters. The SMILES string of the molecule is NCc1cc(-c2cc(Br)cs2)ns1.